The Labute approximate surface area is 194 Å². The summed E-state index contributed by atoms with van der Waals surface area (Å²) in [6.45, 7) is 2.86. The van der Waals surface area contributed by atoms with Crippen LogP contribution in [0.25, 0.3) is 0 Å². The van der Waals surface area contributed by atoms with E-state index in [0.717, 1.165) is 11.1 Å². The number of benzene rings is 3. The van der Waals surface area contributed by atoms with Crippen molar-refractivity contribution in [1.82, 2.24) is 15.5 Å². The monoisotopic (exact) mass is 443 g/mol. The molecule has 0 heterocycles. The lowest BCUT2D eigenvalue weighted by atomic mass is 10.0. The normalized spacial score (nSPS) is 11.3. The van der Waals surface area contributed by atoms with Gasteiger partial charge in [-0.25, -0.2) is 0 Å². The third-order valence-corrected chi connectivity index (χ3v) is 5.32. The number of hydrogen-bond acceptors (Lipinski definition) is 3. The van der Waals surface area contributed by atoms with Gasteiger partial charge in [-0.15, -0.1) is 0 Å². The summed E-state index contributed by atoms with van der Waals surface area (Å²) in [6, 6.07) is 27.4. The maximum Gasteiger partial charge on any atom is 0.251 e. The molecule has 0 aromatic heterocycles. The Bertz CT molecular complexity index is 1040. The predicted octanol–water partition coefficient (Wildman–Crippen LogP) is 3.71. The molecule has 0 aliphatic heterocycles. The number of carbonyl (C=O) groups is 3. The third-order valence-electron chi connectivity index (χ3n) is 5.32. The van der Waals surface area contributed by atoms with Crippen molar-refractivity contribution in [1.29, 1.82) is 0 Å². The van der Waals surface area contributed by atoms with Gasteiger partial charge in [-0.3, -0.25) is 14.4 Å². The highest BCUT2D eigenvalue weighted by atomic mass is 16.2. The molecular formula is C27H29N3O3. The van der Waals surface area contributed by atoms with Gasteiger partial charge in [0.1, 0.15) is 0 Å². The van der Waals surface area contributed by atoms with Gasteiger partial charge in [0.15, 0.2) is 0 Å². The maximum absolute atomic E-state index is 12.7. The Balaban J connectivity index is 1.59. The number of carbonyl (C=O) groups excluding carboxylic acids is 3. The number of rotatable bonds is 10. The van der Waals surface area contributed by atoms with Crippen LogP contribution in [0.1, 0.15) is 40.9 Å². The fourth-order valence-corrected chi connectivity index (χ4v) is 3.49. The Morgan fingerprint density at radius 2 is 1.39 bits per heavy atom. The van der Waals surface area contributed by atoms with Gasteiger partial charge in [0.05, 0.1) is 19.0 Å². The van der Waals surface area contributed by atoms with Crippen molar-refractivity contribution in [3.05, 3.63) is 108 Å². The van der Waals surface area contributed by atoms with Crippen molar-refractivity contribution in [3.8, 4) is 0 Å². The highest BCUT2D eigenvalue weighted by Gasteiger charge is 2.20. The van der Waals surface area contributed by atoms with Crippen molar-refractivity contribution in [2.24, 2.45) is 0 Å². The summed E-state index contributed by atoms with van der Waals surface area (Å²) in [5, 5.41) is 5.65. The molecule has 3 aromatic rings. The number of amides is 3. The zero-order valence-electron chi connectivity index (χ0n) is 18.7. The van der Waals surface area contributed by atoms with Crippen LogP contribution in [0, 0.1) is 0 Å². The first kappa shape index (κ1) is 23.7. The average Bonchev–Trinajstić information content (AvgIpc) is 2.87. The van der Waals surface area contributed by atoms with Gasteiger partial charge < -0.3 is 15.5 Å². The minimum Gasteiger partial charge on any atom is -0.347 e. The number of likely N-dealkylation sites (N-methyl/N-ethyl adjacent to an activating group) is 1. The Morgan fingerprint density at radius 1 is 0.818 bits per heavy atom. The van der Waals surface area contributed by atoms with Crippen LogP contribution >= 0.6 is 0 Å². The fourth-order valence-electron chi connectivity index (χ4n) is 3.49. The standard InChI is InChI=1S/C27H29N3O3/c1-2-30(20-21-12-6-3-7-13-21)26(32)19-28-25(31)18-24(22-14-8-4-9-15-22)29-27(33)23-16-10-5-11-17-23/h3-17,24H,2,18-20H2,1H3,(H,28,31)(H,29,33). The lowest BCUT2D eigenvalue weighted by Gasteiger charge is -2.22. The smallest absolute Gasteiger partial charge is 0.251 e. The van der Waals surface area contributed by atoms with E-state index in [4.69, 9.17) is 0 Å². The molecule has 33 heavy (non-hydrogen) atoms. The van der Waals surface area contributed by atoms with E-state index in [9.17, 15) is 14.4 Å². The molecule has 0 spiro atoms. The minimum absolute atomic E-state index is 0.0284. The van der Waals surface area contributed by atoms with Crippen LogP contribution in [0.15, 0.2) is 91.0 Å². The number of nitrogens with one attached hydrogen (secondary N) is 2. The van der Waals surface area contributed by atoms with Gasteiger partial charge in [0, 0.05) is 18.7 Å². The quantitative estimate of drug-likeness (QED) is 0.501. The molecule has 0 saturated carbocycles. The lowest BCUT2D eigenvalue weighted by molar-refractivity contribution is -0.133. The summed E-state index contributed by atoms with van der Waals surface area (Å²) < 4.78 is 0. The molecular weight excluding hydrogens is 414 g/mol. The Kier molecular flexibility index (Phi) is 8.77. The van der Waals surface area contributed by atoms with Crippen molar-refractivity contribution in [3.63, 3.8) is 0 Å². The van der Waals surface area contributed by atoms with Crippen molar-refractivity contribution in [2.75, 3.05) is 13.1 Å². The molecule has 2 N–H and O–H groups in total. The Hall–Kier alpha value is -3.93. The average molecular weight is 444 g/mol. The van der Waals surface area contributed by atoms with Crippen LogP contribution in [-0.2, 0) is 16.1 Å². The second-order valence-electron chi connectivity index (χ2n) is 7.68. The minimum atomic E-state index is -0.513. The first-order valence-corrected chi connectivity index (χ1v) is 11.1. The molecule has 0 saturated heterocycles. The molecule has 3 rings (SSSR count). The van der Waals surface area contributed by atoms with Gasteiger partial charge >= 0.3 is 0 Å². The predicted molar refractivity (Wildman–Crippen MR) is 128 cm³/mol. The summed E-state index contributed by atoms with van der Waals surface area (Å²) in [5.41, 5.74) is 2.38. The van der Waals surface area contributed by atoms with Gasteiger partial charge in [-0.1, -0.05) is 78.9 Å². The van der Waals surface area contributed by atoms with E-state index in [2.05, 4.69) is 10.6 Å². The molecule has 6 nitrogen and oxygen atoms in total. The first-order chi connectivity index (χ1) is 16.1. The van der Waals surface area contributed by atoms with Gasteiger partial charge in [-0.05, 0) is 30.2 Å². The van der Waals surface area contributed by atoms with Crippen LogP contribution in [0.4, 0.5) is 0 Å². The van der Waals surface area contributed by atoms with E-state index in [1.807, 2.05) is 73.7 Å². The van der Waals surface area contributed by atoms with E-state index in [0.29, 0.717) is 18.7 Å². The second kappa shape index (κ2) is 12.2. The lowest BCUT2D eigenvalue weighted by Crippen LogP contribution is -2.41. The van der Waals surface area contributed by atoms with Crippen molar-refractivity contribution >= 4 is 17.7 Å². The summed E-state index contributed by atoms with van der Waals surface area (Å²) in [7, 11) is 0. The molecule has 3 aromatic carbocycles. The highest BCUT2D eigenvalue weighted by molar-refractivity contribution is 5.94. The maximum atomic E-state index is 12.7. The fraction of sp³-hybridized carbons (Fsp3) is 0.222. The molecule has 1 atom stereocenters. The van der Waals surface area contributed by atoms with Crippen LogP contribution in [-0.4, -0.2) is 35.7 Å². The van der Waals surface area contributed by atoms with E-state index < -0.39 is 6.04 Å². The largest absolute Gasteiger partial charge is 0.347 e. The molecule has 170 valence electrons. The molecule has 6 heteroatoms. The van der Waals surface area contributed by atoms with Crippen LogP contribution in [0.2, 0.25) is 0 Å². The molecule has 0 radical (unpaired) electrons. The summed E-state index contributed by atoms with van der Waals surface area (Å²) in [6.07, 6.45) is 0.0284. The third kappa shape index (κ3) is 7.31. The molecule has 1 unspecified atom stereocenters. The summed E-state index contributed by atoms with van der Waals surface area (Å²) in [4.78, 5) is 39.7. The van der Waals surface area contributed by atoms with E-state index >= 15 is 0 Å². The van der Waals surface area contributed by atoms with Gasteiger partial charge in [0.25, 0.3) is 5.91 Å². The van der Waals surface area contributed by atoms with E-state index in [1.54, 1.807) is 29.2 Å². The summed E-state index contributed by atoms with van der Waals surface area (Å²) >= 11 is 0. The molecule has 0 bridgehead atoms. The number of nitrogens with zero attached hydrogens (tertiary/aromatic N) is 1. The SMILES string of the molecule is CCN(Cc1ccccc1)C(=O)CNC(=O)CC(NC(=O)c1ccccc1)c1ccccc1. The first-order valence-electron chi connectivity index (χ1n) is 11.1. The second-order valence-corrected chi connectivity index (χ2v) is 7.68. The highest BCUT2D eigenvalue weighted by Crippen LogP contribution is 2.17. The number of hydrogen-bond donors (Lipinski definition) is 2. The van der Waals surface area contributed by atoms with Crippen LogP contribution < -0.4 is 10.6 Å². The molecule has 3 amide bonds. The summed E-state index contributed by atoms with van der Waals surface area (Å²) in [5.74, 6) is -0.714. The topological polar surface area (TPSA) is 78.5 Å². The van der Waals surface area contributed by atoms with Crippen LogP contribution in [0.5, 0.6) is 0 Å². The van der Waals surface area contributed by atoms with E-state index in [1.165, 1.54) is 0 Å². The molecule has 0 aliphatic carbocycles. The molecule has 0 aliphatic rings. The van der Waals surface area contributed by atoms with Gasteiger partial charge in [0.2, 0.25) is 11.8 Å². The molecule has 0 fully saturated rings. The van der Waals surface area contributed by atoms with Gasteiger partial charge in [-0.2, -0.15) is 0 Å². The zero-order valence-corrected chi connectivity index (χ0v) is 18.7. The Morgan fingerprint density at radius 3 is 2.00 bits per heavy atom. The van der Waals surface area contributed by atoms with E-state index in [-0.39, 0.29) is 30.7 Å². The van der Waals surface area contributed by atoms with Crippen LogP contribution in [0.3, 0.4) is 0 Å². The van der Waals surface area contributed by atoms with Crippen molar-refractivity contribution in [2.45, 2.75) is 25.9 Å². The van der Waals surface area contributed by atoms with Crippen molar-refractivity contribution < 1.29 is 14.4 Å². The zero-order chi connectivity index (χ0) is 23.5.